The number of phenolic OH excluding ortho intramolecular Hbond substituents is 1. The van der Waals surface area contributed by atoms with Crippen LogP contribution in [0.5, 0.6) is 5.75 Å². The van der Waals surface area contributed by atoms with Crippen molar-refractivity contribution in [2.45, 2.75) is 32.0 Å². The Bertz CT molecular complexity index is 411. The molecule has 1 aromatic carbocycles. The maximum Gasteiger partial charge on any atom is 0.419 e. The van der Waals surface area contributed by atoms with E-state index in [1.165, 1.54) is 6.42 Å². The number of likely N-dealkylation sites (tertiary alicyclic amines) is 1. The van der Waals surface area contributed by atoms with Crippen LogP contribution in [0.3, 0.4) is 0 Å². The van der Waals surface area contributed by atoms with E-state index in [0.29, 0.717) is 12.1 Å². The molecular formula is C13H16F3NO. The Morgan fingerprint density at radius 1 is 1.11 bits per heavy atom. The average molecular weight is 259 g/mol. The van der Waals surface area contributed by atoms with Crippen molar-refractivity contribution in [3.63, 3.8) is 0 Å². The van der Waals surface area contributed by atoms with Crippen LogP contribution in [0, 0.1) is 0 Å². The summed E-state index contributed by atoms with van der Waals surface area (Å²) >= 11 is 0. The lowest BCUT2D eigenvalue weighted by atomic mass is 10.1. The highest BCUT2D eigenvalue weighted by Gasteiger charge is 2.34. The van der Waals surface area contributed by atoms with Crippen LogP contribution in [-0.4, -0.2) is 23.1 Å². The number of benzene rings is 1. The van der Waals surface area contributed by atoms with Crippen LogP contribution in [0.4, 0.5) is 13.2 Å². The van der Waals surface area contributed by atoms with Gasteiger partial charge >= 0.3 is 6.18 Å². The number of hydrogen-bond acceptors (Lipinski definition) is 2. The second-order valence-corrected chi connectivity index (χ2v) is 4.69. The first-order chi connectivity index (χ1) is 8.47. The van der Waals surface area contributed by atoms with Gasteiger partial charge in [0.15, 0.2) is 0 Å². The van der Waals surface area contributed by atoms with Crippen LogP contribution in [-0.2, 0) is 12.7 Å². The van der Waals surface area contributed by atoms with Crippen LogP contribution in [0.15, 0.2) is 18.2 Å². The fourth-order valence-corrected chi connectivity index (χ4v) is 2.28. The van der Waals surface area contributed by atoms with E-state index < -0.39 is 17.5 Å². The molecule has 0 aromatic heterocycles. The third-order valence-corrected chi connectivity index (χ3v) is 3.22. The van der Waals surface area contributed by atoms with E-state index >= 15 is 0 Å². The largest absolute Gasteiger partial charge is 0.507 e. The van der Waals surface area contributed by atoms with Gasteiger partial charge in [-0.15, -0.1) is 0 Å². The van der Waals surface area contributed by atoms with Crippen LogP contribution < -0.4 is 0 Å². The van der Waals surface area contributed by atoms with Crippen molar-refractivity contribution in [2.24, 2.45) is 0 Å². The molecule has 1 fully saturated rings. The molecule has 1 aliphatic rings. The second-order valence-electron chi connectivity index (χ2n) is 4.69. The molecule has 0 spiro atoms. The lowest BCUT2D eigenvalue weighted by molar-refractivity contribution is -0.138. The van der Waals surface area contributed by atoms with Gasteiger partial charge in [0, 0.05) is 6.54 Å². The van der Waals surface area contributed by atoms with Gasteiger partial charge in [0.2, 0.25) is 0 Å². The maximum atomic E-state index is 12.6. The lowest BCUT2D eigenvalue weighted by Gasteiger charge is -2.26. The third kappa shape index (κ3) is 3.16. The Morgan fingerprint density at radius 3 is 2.39 bits per heavy atom. The molecule has 1 heterocycles. The first-order valence-corrected chi connectivity index (χ1v) is 6.08. The smallest absolute Gasteiger partial charge is 0.419 e. The zero-order valence-electron chi connectivity index (χ0n) is 10.0. The first kappa shape index (κ1) is 13.2. The van der Waals surface area contributed by atoms with Crippen molar-refractivity contribution in [1.82, 2.24) is 4.90 Å². The summed E-state index contributed by atoms with van der Waals surface area (Å²) in [5.41, 5.74) is -0.348. The molecule has 2 rings (SSSR count). The number of phenols is 1. The summed E-state index contributed by atoms with van der Waals surface area (Å²) in [6.45, 7) is 2.38. The zero-order valence-corrected chi connectivity index (χ0v) is 10.0. The summed E-state index contributed by atoms with van der Waals surface area (Å²) in [6.07, 6.45) is -1.10. The molecule has 0 radical (unpaired) electrons. The normalized spacial score (nSPS) is 17.9. The van der Waals surface area contributed by atoms with E-state index in [9.17, 15) is 18.3 Å². The van der Waals surface area contributed by atoms with Gasteiger partial charge in [0.25, 0.3) is 0 Å². The number of piperidine rings is 1. The average Bonchev–Trinajstić information content (AvgIpc) is 2.31. The quantitative estimate of drug-likeness (QED) is 0.880. The Balaban J connectivity index is 2.14. The van der Waals surface area contributed by atoms with Crippen molar-refractivity contribution in [1.29, 1.82) is 0 Å². The fourth-order valence-electron chi connectivity index (χ4n) is 2.28. The summed E-state index contributed by atoms with van der Waals surface area (Å²) in [5, 5.41) is 9.24. The summed E-state index contributed by atoms with van der Waals surface area (Å²) in [4.78, 5) is 2.15. The topological polar surface area (TPSA) is 23.5 Å². The molecule has 1 saturated heterocycles. The molecular weight excluding hydrogens is 243 g/mol. The summed E-state index contributed by atoms with van der Waals surface area (Å²) in [5.74, 6) is -0.704. The van der Waals surface area contributed by atoms with Crippen molar-refractivity contribution in [3.05, 3.63) is 29.3 Å². The van der Waals surface area contributed by atoms with E-state index in [1.807, 2.05) is 0 Å². The van der Waals surface area contributed by atoms with Crippen molar-refractivity contribution < 1.29 is 18.3 Å². The van der Waals surface area contributed by atoms with Crippen molar-refractivity contribution in [3.8, 4) is 5.75 Å². The molecule has 18 heavy (non-hydrogen) atoms. The molecule has 0 bridgehead atoms. The molecule has 2 nitrogen and oxygen atoms in total. The molecule has 1 aliphatic heterocycles. The Hall–Kier alpha value is -1.23. The highest BCUT2D eigenvalue weighted by atomic mass is 19.4. The molecule has 1 aromatic rings. The molecule has 0 unspecified atom stereocenters. The lowest BCUT2D eigenvalue weighted by Crippen LogP contribution is -2.29. The maximum absolute atomic E-state index is 12.6. The van der Waals surface area contributed by atoms with Gasteiger partial charge in [-0.2, -0.15) is 13.2 Å². The molecule has 0 saturated carbocycles. The summed E-state index contributed by atoms with van der Waals surface area (Å²) in [7, 11) is 0. The SMILES string of the molecule is Oc1ccc(CN2CCCCC2)cc1C(F)(F)F. The zero-order chi connectivity index (χ0) is 13.2. The van der Waals surface area contributed by atoms with E-state index in [0.717, 1.165) is 38.1 Å². The third-order valence-electron chi connectivity index (χ3n) is 3.22. The number of hydrogen-bond donors (Lipinski definition) is 1. The van der Waals surface area contributed by atoms with Gasteiger partial charge in [-0.05, 0) is 43.6 Å². The molecule has 0 aliphatic carbocycles. The molecule has 100 valence electrons. The predicted molar refractivity (Wildman–Crippen MR) is 62.2 cm³/mol. The van der Waals surface area contributed by atoms with Gasteiger partial charge in [0.1, 0.15) is 5.75 Å². The number of nitrogens with zero attached hydrogens (tertiary/aromatic N) is 1. The minimum absolute atomic E-state index is 0.517. The van der Waals surface area contributed by atoms with Gasteiger partial charge in [0.05, 0.1) is 5.56 Å². The van der Waals surface area contributed by atoms with E-state index in [4.69, 9.17) is 0 Å². The minimum Gasteiger partial charge on any atom is -0.507 e. The van der Waals surface area contributed by atoms with Crippen LogP contribution >= 0.6 is 0 Å². The summed E-state index contributed by atoms with van der Waals surface area (Å²) in [6, 6.07) is 3.73. The number of alkyl halides is 3. The van der Waals surface area contributed by atoms with Gasteiger partial charge in [-0.25, -0.2) is 0 Å². The van der Waals surface area contributed by atoms with E-state index in [2.05, 4.69) is 4.90 Å². The van der Waals surface area contributed by atoms with Crippen LogP contribution in [0.25, 0.3) is 0 Å². The standard InChI is InChI=1S/C13H16F3NO/c14-13(15,16)11-8-10(4-5-12(11)18)9-17-6-2-1-3-7-17/h4-5,8,18H,1-3,6-7,9H2. The molecule has 1 N–H and O–H groups in total. The Labute approximate surface area is 104 Å². The van der Waals surface area contributed by atoms with Crippen LogP contribution in [0.1, 0.15) is 30.4 Å². The monoisotopic (exact) mass is 259 g/mol. The minimum atomic E-state index is -4.50. The predicted octanol–water partition coefficient (Wildman–Crippen LogP) is 3.40. The Kier molecular flexibility index (Phi) is 3.80. The highest BCUT2D eigenvalue weighted by Crippen LogP contribution is 2.36. The van der Waals surface area contributed by atoms with Gasteiger partial charge in [-0.3, -0.25) is 4.90 Å². The fraction of sp³-hybridized carbons (Fsp3) is 0.538. The van der Waals surface area contributed by atoms with E-state index in [1.54, 1.807) is 6.07 Å². The van der Waals surface area contributed by atoms with E-state index in [-0.39, 0.29) is 0 Å². The Morgan fingerprint density at radius 2 is 1.78 bits per heavy atom. The first-order valence-electron chi connectivity index (χ1n) is 6.08. The van der Waals surface area contributed by atoms with Crippen molar-refractivity contribution >= 4 is 0 Å². The molecule has 0 amide bonds. The van der Waals surface area contributed by atoms with Gasteiger partial charge in [-0.1, -0.05) is 12.5 Å². The second kappa shape index (κ2) is 5.18. The van der Waals surface area contributed by atoms with Crippen LogP contribution in [0.2, 0.25) is 0 Å². The highest BCUT2D eigenvalue weighted by molar-refractivity contribution is 5.38. The van der Waals surface area contributed by atoms with Gasteiger partial charge < -0.3 is 5.11 Å². The summed E-state index contributed by atoms with van der Waals surface area (Å²) < 4.78 is 37.9. The number of rotatable bonds is 2. The number of aromatic hydroxyl groups is 1. The van der Waals surface area contributed by atoms with Crippen molar-refractivity contribution in [2.75, 3.05) is 13.1 Å². The number of halogens is 3. The molecule has 0 atom stereocenters. The molecule has 5 heteroatoms.